The van der Waals surface area contributed by atoms with Crippen LogP contribution in [0.4, 0.5) is 17.6 Å². The Bertz CT molecular complexity index is 719. The number of carbonyl (C=O) groups excluding carboxylic acids is 1. The van der Waals surface area contributed by atoms with Crippen LogP contribution in [0.25, 0.3) is 6.08 Å². The van der Waals surface area contributed by atoms with Crippen molar-refractivity contribution in [2.24, 2.45) is 0 Å². The number of ether oxygens (including phenoxy) is 1. The third-order valence-corrected chi connectivity index (χ3v) is 3.80. The van der Waals surface area contributed by atoms with Crippen LogP contribution in [0, 0.1) is 0 Å². The minimum absolute atomic E-state index is 0.0998. The standard InChI is InChI=1S/C15H12F4N2O2S/c16-13(17)15(18,19)23-10-3-1-2-8(6-10)7-11-12(22)21(9-4-5-9)14(24)20-11/h1-3,6-7,9,13H,4-5H2,(H,20,24)/b11-7+. The normalized spacial score (nSPS) is 20.0. The Labute approximate surface area is 140 Å². The molecule has 0 bridgehead atoms. The second kappa shape index (κ2) is 6.04. The largest absolute Gasteiger partial charge is 0.461 e. The van der Waals surface area contributed by atoms with Crippen molar-refractivity contribution in [2.45, 2.75) is 31.4 Å². The summed E-state index contributed by atoms with van der Waals surface area (Å²) in [5.41, 5.74) is 0.540. The molecule has 1 saturated carbocycles. The lowest BCUT2D eigenvalue weighted by Gasteiger charge is -2.16. The molecule has 24 heavy (non-hydrogen) atoms. The number of nitrogens with one attached hydrogen (secondary N) is 1. The van der Waals surface area contributed by atoms with Crippen molar-refractivity contribution in [3.63, 3.8) is 0 Å². The molecule has 0 radical (unpaired) electrons. The molecule has 4 nitrogen and oxygen atoms in total. The quantitative estimate of drug-likeness (QED) is 0.498. The van der Waals surface area contributed by atoms with Crippen LogP contribution in [-0.4, -0.2) is 34.5 Å². The first kappa shape index (κ1) is 16.7. The fourth-order valence-electron chi connectivity index (χ4n) is 2.25. The Morgan fingerprint density at radius 3 is 2.71 bits per heavy atom. The minimum Gasteiger partial charge on any atom is -0.428 e. The molecule has 1 aromatic rings. The summed E-state index contributed by atoms with van der Waals surface area (Å²) in [5, 5.41) is 3.07. The number of nitrogens with zero attached hydrogens (tertiary/aromatic N) is 1. The van der Waals surface area contributed by atoms with E-state index in [4.69, 9.17) is 12.2 Å². The van der Waals surface area contributed by atoms with Crippen LogP contribution in [0.15, 0.2) is 30.0 Å². The molecule has 9 heteroatoms. The van der Waals surface area contributed by atoms with Gasteiger partial charge in [-0.1, -0.05) is 12.1 Å². The van der Waals surface area contributed by atoms with Crippen LogP contribution in [-0.2, 0) is 4.79 Å². The predicted octanol–water partition coefficient (Wildman–Crippen LogP) is 3.14. The van der Waals surface area contributed by atoms with Gasteiger partial charge in [0.05, 0.1) is 0 Å². The van der Waals surface area contributed by atoms with Crippen LogP contribution in [0.3, 0.4) is 0 Å². The monoisotopic (exact) mass is 360 g/mol. The van der Waals surface area contributed by atoms with Gasteiger partial charge in [-0.25, -0.2) is 0 Å². The Balaban J connectivity index is 1.80. The molecular formula is C15H12F4N2O2S. The van der Waals surface area contributed by atoms with Gasteiger partial charge in [0, 0.05) is 6.04 Å². The number of alkyl halides is 4. The van der Waals surface area contributed by atoms with E-state index < -0.39 is 18.3 Å². The second-order valence-corrected chi connectivity index (χ2v) is 5.82. The molecule has 0 spiro atoms. The van der Waals surface area contributed by atoms with Crippen LogP contribution in [0.5, 0.6) is 5.75 Å². The number of halogens is 4. The van der Waals surface area contributed by atoms with Gasteiger partial charge in [0.1, 0.15) is 11.4 Å². The maximum atomic E-state index is 13.0. The average Bonchev–Trinajstić information content (AvgIpc) is 3.27. The highest BCUT2D eigenvalue weighted by Gasteiger charge is 2.44. The van der Waals surface area contributed by atoms with E-state index in [1.165, 1.54) is 23.1 Å². The van der Waals surface area contributed by atoms with Gasteiger partial charge in [-0.3, -0.25) is 9.69 Å². The van der Waals surface area contributed by atoms with Crippen molar-refractivity contribution in [2.75, 3.05) is 0 Å². The first-order valence-corrected chi connectivity index (χ1v) is 7.50. The third kappa shape index (κ3) is 3.35. The zero-order chi connectivity index (χ0) is 17.5. The van der Waals surface area contributed by atoms with Gasteiger partial charge < -0.3 is 10.1 Å². The Hall–Kier alpha value is -2.16. The fraction of sp³-hybridized carbons (Fsp3) is 0.333. The molecule has 1 aromatic carbocycles. The molecule has 1 saturated heterocycles. The van der Waals surface area contributed by atoms with E-state index in [0.717, 1.165) is 25.0 Å². The first-order valence-electron chi connectivity index (χ1n) is 7.09. The van der Waals surface area contributed by atoms with Crippen molar-refractivity contribution in [3.05, 3.63) is 35.5 Å². The summed E-state index contributed by atoms with van der Waals surface area (Å²) in [6, 6.07) is 5.25. The molecule has 1 aliphatic carbocycles. The summed E-state index contributed by atoms with van der Waals surface area (Å²) in [6.45, 7) is 0. The highest BCUT2D eigenvalue weighted by Crippen LogP contribution is 2.31. The number of amides is 1. The molecular weight excluding hydrogens is 348 g/mol. The number of thiocarbonyl (C=S) groups is 1. The number of rotatable bonds is 5. The second-order valence-electron chi connectivity index (χ2n) is 5.43. The van der Waals surface area contributed by atoms with Gasteiger partial charge in [-0.2, -0.15) is 17.6 Å². The molecule has 128 valence electrons. The lowest BCUT2D eigenvalue weighted by atomic mass is 10.2. The summed E-state index contributed by atoms with van der Waals surface area (Å²) in [6.07, 6.45) is -5.36. The summed E-state index contributed by atoms with van der Waals surface area (Å²) in [5.74, 6) is -0.728. The van der Waals surface area contributed by atoms with E-state index in [-0.39, 0.29) is 17.6 Å². The van der Waals surface area contributed by atoms with Gasteiger partial charge in [0.25, 0.3) is 5.91 Å². The van der Waals surface area contributed by atoms with Crippen LogP contribution < -0.4 is 10.1 Å². The Morgan fingerprint density at radius 1 is 1.38 bits per heavy atom. The molecule has 1 N–H and O–H groups in total. The molecule has 0 atom stereocenters. The highest BCUT2D eigenvalue weighted by atomic mass is 32.1. The minimum atomic E-state index is -4.59. The highest BCUT2D eigenvalue weighted by molar-refractivity contribution is 7.80. The van der Waals surface area contributed by atoms with Crippen molar-refractivity contribution in [1.29, 1.82) is 0 Å². The predicted molar refractivity (Wildman–Crippen MR) is 81.6 cm³/mol. The first-order chi connectivity index (χ1) is 11.3. The van der Waals surface area contributed by atoms with Gasteiger partial charge in [0.15, 0.2) is 5.11 Å². The third-order valence-electron chi connectivity index (χ3n) is 3.50. The van der Waals surface area contributed by atoms with Crippen LogP contribution >= 0.6 is 12.2 Å². The summed E-state index contributed by atoms with van der Waals surface area (Å²) in [4.78, 5) is 13.7. The van der Waals surface area contributed by atoms with Crippen molar-refractivity contribution in [1.82, 2.24) is 10.2 Å². The van der Waals surface area contributed by atoms with Gasteiger partial charge in [0.2, 0.25) is 0 Å². The lowest BCUT2D eigenvalue weighted by molar-refractivity contribution is -0.253. The molecule has 1 aliphatic heterocycles. The Kier molecular flexibility index (Phi) is 4.20. The maximum Gasteiger partial charge on any atom is 0.461 e. The summed E-state index contributed by atoms with van der Waals surface area (Å²) in [7, 11) is 0. The topological polar surface area (TPSA) is 41.6 Å². The molecule has 2 fully saturated rings. The van der Waals surface area contributed by atoms with Crippen molar-refractivity contribution < 1.29 is 27.1 Å². The van der Waals surface area contributed by atoms with Gasteiger partial charge >= 0.3 is 12.5 Å². The fourth-order valence-corrected chi connectivity index (χ4v) is 2.59. The number of hydrogen-bond donors (Lipinski definition) is 1. The lowest BCUT2D eigenvalue weighted by Crippen LogP contribution is -2.33. The van der Waals surface area contributed by atoms with Crippen molar-refractivity contribution >= 4 is 29.3 Å². The number of carbonyl (C=O) groups is 1. The Morgan fingerprint density at radius 2 is 2.08 bits per heavy atom. The molecule has 0 aromatic heterocycles. The molecule has 2 aliphatic rings. The molecule has 3 rings (SSSR count). The zero-order valence-corrected chi connectivity index (χ0v) is 13.0. The average molecular weight is 360 g/mol. The van der Waals surface area contributed by atoms with Crippen LogP contribution in [0.1, 0.15) is 18.4 Å². The number of benzene rings is 1. The van der Waals surface area contributed by atoms with E-state index in [2.05, 4.69) is 10.1 Å². The smallest absolute Gasteiger partial charge is 0.428 e. The van der Waals surface area contributed by atoms with E-state index in [1.807, 2.05) is 0 Å². The van der Waals surface area contributed by atoms with E-state index in [9.17, 15) is 22.4 Å². The van der Waals surface area contributed by atoms with Gasteiger partial charge in [-0.15, -0.1) is 0 Å². The van der Waals surface area contributed by atoms with Crippen LogP contribution in [0.2, 0.25) is 0 Å². The summed E-state index contributed by atoms with van der Waals surface area (Å²) >= 11 is 5.10. The van der Waals surface area contributed by atoms with E-state index in [1.54, 1.807) is 0 Å². The maximum absolute atomic E-state index is 13.0. The number of hydrogen-bond acceptors (Lipinski definition) is 3. The summed E-state index contributed by atoms with van der Waals surface area (Å²) < 4.78 is 54.3. The van der Waals surface area contributed by atoms with E-state index in [0.29, 0.717) is 10.7 Å². The molecule has 1 heterocycles. The van der Waals surface area contributed by atoms with Gasteiger partial charge in [-0.05, 0) is 48.8 Å². The zero-order valence-electron chi connectivity index (χ0n) is 12.1. The SMILES string of the molecule is O=C1/C(=C\c2cccc(OC(F)(F)C(F)F)c2)NC(=S)N1C1CC1. The van der Waals surface area contributed by atoms with E-state index >= 15 is 0 Å². The molecule has 0 unspecified atom stereocenters. The molecule has 1 amide bonds. The van der Waals surface area contributed by atoms with Crippen molar-refractivity contribution in [3.8, 4) is 5.75 Å².